The molecule has 0 amide bonds. The highest BCUT2D eigenvalue weighted by molar-refractivity contribution is 6.13. The molecule has 1 aliphatic heterocycles. The van der Waals surface area contributed by atoms with Gasteiger partial charge in [0.2, 0.25) is 0 Å². The van der Waals surface area contributed by atoms with Crippen molar-refractivity contribution in [3.8, 4) is 5.75 Å². The molecule has 1 atom stereocenters. The van der Waals surface area contributed by atoms with Crippen LogP contribution in [0.1, 0.15) is 56.6 Å². The topological polar surface area (TPSA) is 63.6 Å². The molecule has 0 aromatic heterocycles. The third-order valence-corrected chi connectivity index (χ3v) is 4.83. The summed E-state index contributed by atoms with van der Waals surface area (Å²) in [7, 11) is 0. The number of aryl methyl sites for hydroxylation is 3. The number of benzene rings is 2. The molecular weight excluding hydrogens is 316 g/mol. The van der Waals surface area contributed by atoms with Crippen molar-refractivity contribution < 1.29 is 19.4 Å². The molecule has 0 saturated heterocycles. The number of carboxylic acid groups (broad SMARTS) is 1. The van der Waals surface area contributed by atoms with Gasteiger partial charge in [-0.1, -0.05) is 23.8 Å². The predicted molar refractivity (Wildman–Crippen MR) is 95.8 cm³/mol. The van der Waals surface area contributed by atoms with Gasteiger partial charge in [-0.2, -0.15) is 0 Å². The molecule has 2 aromatic rings. The lowest BCUT2D eigenvalue weighted by molar-refractivity contribution is -0.138. The number of carboxylic acids is 1. The lowest BCUT2D eigenvalue weighted by Gasteiger charge is -2.15. The van der Waals surface area contributed by atoms with Crippen molar-refractivity contribution in [1.82, 2.24) is 0 Å². The van der Waals surface area contributed by atoms with E-state index in [4.69, 9.17) is 4.74 Å². The molecular formula is C21H22O4. The van der Waals surface area contributed by atoms with E-state index >= 15 is 0 Å². The first kappa shape index (κ1) is 17.2. The van der Waals surface area contributed by atoms with E-state index in [-0.39, 0.29) is 5.78 Å². The van der Waals surface area contributed by atoms with Crippen LogP contribution in [0.2, 0.25) is 0 Å². The average molecular weight is 338 g/mol. The molecule has 1 heterocycles. The van der Waals surface area contributed by atoms with Gasteiger partial charge in [-0.05, 0) is 56.0 Å². The Bertz CT molecular complexity index is 857. The summed E-state index contributed by atoms with van der Waals surface area (Å²) in [6.45, 7) is 8.02. The SMILES string of the molecule is Cc1cc(C)c(C(=O)c2cc(C(C)C(=O)O)cc3c2OCC3)c(C)c1. The van der Waals surface area contributed by atoms with Crippen molar-refractivity contribution in [1.29, 1.82) is 0 Å². The van der Waals surface area contributed by atoms with Crippen LogP contribution in [0.15, 0.2) is 24.3 Å². The first-order valence-electron chi connectivity index (χ1n) is 8.44. The summed E-state index contributed by atoms with van der Waals surface area (Å²) in [4.78, 5) is 24.7. The molecule has 4 nitrogen and oxygen atoms in total. The van der Waals surface area contributed by atoms with Crippen molar-refractivity contribution in [2.45, 2.75) is 40.0 Å². The number of rotatable bonds is 4. The minimum Gasteiger partial charge on any atom is -0.492 e. The lowest BCUT2D eigenvalue weighted by Crippen LogP contribution is -2.12. The van der Waals surface area contributed by atoms with E-state index in [1.54, 1.807) is 13.0 Å². The van der Waals surface area contributed by atoms with E-state index in [2.05, 4.69) is 0 Å². The molecule has 3 rings (SSSR count). The summed E-state index contributed by atoms with van der Waals surface area (Å²) in [5.41, 5.74) is 5.65. The van der Waals surface area contributed by atoms with E-state index in [9.17, 15) is 14.7 Å². The van der Waals surface area contributed by atoms with Gasteiger partial charge < -0.3 is 9.84 Å². The quantitative estimate of drug-likeness (QED) is 0.857. The van der Waals surface area contributed by atoms with Crippen LogP contribution in [0.4, 0.5) is 0 Å². The van der Waals surface area contributed by atoms with Gasteiger partial charge in [-0.15, -0.1) is 0 Å². The highest BCUT2D eigenvalue weighted by atomic mass is 16.5. The second-order valence-electron chi connectivity index (χ2n) is 6.82. The van der Waals surface area contributed by atoms with Crippen LogP contribution in [0.3, 0.4) is 0 Å². The average Bonchev–Trinajstić information content (AvgIpc) is 3.00. The third-order valence-electron chi connectivity index (χ3n) is 4.83. The van der Waals surface area contributed by atoms with Gasteiger partial charge in [0.25, 0.3) is 0 Å². The molecule has 0 aliphatic carbocycles. The molecule has 4 heteroatoms. The zero-order valence-electron chi connectivity index (χ0n) is 15.0. The van der Waals surface area contributed by atoms with Crippen molar-refractivity contribution in [2.24, 2.45) is 0 Å². The molecule has 2 aromatic carbocycles. The first-order chi connectivity index (χ1) is 11.8. The molecule has 25 heavy (non-hydrogen) atoms. The Kier molecular flexibility index (Phi) is 4.38. The Hall–Kier alpha value is -2.62. The number of carbonyl (C=O) groups is 2. The van der Waals surface area contributed by atoms with Gasteiger partial charge in [0.1, 0.15) is 5.75 Å². The number of carbonyl (C=O) groups excluding carboxylic acids is 1. The van der Waals surface area contributed by atoms with Crippen LogP contribution in [-0.4, -0.2) is 23.5 Å². The normalized spacial score (nSPS) is 13.9. The molecule has 130 valence electrons. The second kappa shape index (κ2) is 6.36. The number of hydrogen-bond acceptors (Lipinski definition) is 3. The fourth-order valence-corrected chi connectivity index (χ4v) is 3.57. The molecule has 0 saturated carbocycles. The number of aliphatic carboxylic acids is 1. The Labute approximate surface area is 147 Å². The highest BCUT2D eigenvalue weighted by Crippen LogP contribution is 2.35. The number of ether oxygens (including phenoxy) is 1. The Morgan fingerprint density at radius 2 is 1.72 bits per heavy atom. The van der Waals surface area contributed by atoms with Crippen LogP contribution in [-0.2, 0) is 11.2 Å². The monoisotopic (exact) mass is 338 g/mol. The fourth-order valence-electron chi connectivity index (χ4n) is 3.57. The minimum atomic E-state index is -0.903. The summed E-state index contributed by atoms with van der Waals surface area (Å²) in [5.74, 6) is -1.07. The highest BCUT2D eigenvalue weighted by Gasteiger charge is 2.27. The summed E-state index contributed by atoms with van der Waals surface area (Å²) in [6, 6.07) is 7.52. The maximum atomic E-state index is 13.3. The van der Waals surface area contributed by atoms with E-state index in [1.165, 1.54) is 0 Å². The minimum absolute atomic E-state index is 0.104. The second-order valence-corrected chi connectivity index (χ2v) is 6.82. The number of ketones is 1. The smallest absolute Gasteiger partial charge is 0.310 e. The largest absolute Gasteiger partial charge is 0.492 e. The van der Waals surface area contributed by atoms with Crippen molar-refractivity contribution in [3.05, 3.63) is 63.2 Å². The van der Waals surface area contributed by atoms with E-state index in [0.717, 1.165) is 22.3 Å². The van der Waals surface area contributed by atoms with E-state index < -0.39 is 11.9 Å². The standard InChI is InChI=1S/C21H22O4/c1-11-7-12(2)18(13(3)8-11)19(22)17-10-16(14(4)21(23)24)9-15-5-6-25-20(15)17/h7-10,14H,5-6H2,1-4H3,(H,23,24). The van der Waals surface area contributed by atoms with Crippen LogP contribution in [0, 0.1) is 20.8 Å². The van der Waals surface area contributed by atoms with Crippen molar-refractivity contribution in [2.75, 3.05) is 6.61 Å². The molecule has 1 aliphatic rings. The summed E-state index contributed by atoms with van der Waals surface area (Å²) >= 11 is 0. The van der Waals surface area contributed by atoms with Crippen LogP contribution >= 0.6 is 0 Å². The van der Waals surface area contributed by atoms with Gasteiger partial charge >= 0.3 is 5.97 Å². The van der Waals surface area contributed by atoms with E-state index in [1.807, 2.05) is 39.0 Å². The Morgan fingerprint density at radius 1 is 1.08 bits per heavy atom. The Morgan fingerprint density at radius 3 is 2.32 bits per heavy atom. The lowest BCUT2D eigenvalue weighted by atomic mass is 9.89. The molecule has 0 bridgehead atoms. The molecule has 0 spiro atoms. The fraction of sp³-hybridized carbons (Fsp3) is 0.333. The van der Waals surface area contributed by atoms with Crippen LogP contribution in [0.25, 0.3) is 0 Å². The van der Waals surface area contributed by atoms with Crippen LogP contribution in [0.5, 0.6) is 5.75 Å². The molecule has 0 fully saturated rings. The molecule has 0 radical (unpaired) electrons. The van der Waals surface area contributed by atoms with Crippen LogP contribution < -0.4 is 4.74 Å². The zero-order valence-corrected chi connectivity index (χ0v) is 15.0. The summed E-state index contributed by atoms with van der Waals surface area (Å²) in [6.07, 6.45) is 0.696. The van der Waals surface area contributed by atoms with Crippen molar-refractivity contribution >= 4 is 11.8 Å². The number of fused-ring (bicyclic) bond motifs is 1. The van der Waals surface area contributed by atoms with Gasteiger partial charge in [0.15, 0.2) is 5.78 Å². The summed E-state index contributed by atoms with van der Waals surface area (Å²) < 4.78 is 5.70. The van der Waals surface area contributed by atoms with Gasteiger partial charge in [-0.3, -0.25) is 9.59 Å². The van der Waals surface area contributed by atoms with Gasteiger partial charge in [0.05, 0.1) is 18.1 Å². The summed E-state index contributed by atoms with van der Waals surface area (Å²) in [5, 5.41) is 9.33. The maximum Gasteiger partial charge on any atom is 0.310 e. The molecule has 1 N–H and O–H groups in total. The Balaban J connectivity index is 2.17. The van der Waals surface area contributed by atoms with E-state index in [0.29, 0.717) is 35.5 Å². The number of hydrogen-bond donors (Lipinski definition) is 1. The first-order valence-corrected chi connectivity index (χ1v) is 8.44. The third kappa shape index (κ3) is 3.04. The predicted octanol–water partition coefficient (Wildman–Crippen LogP) is 3.97. The van der Waals surface area contributed by atoms with Gasteiger partial charge in [0, 0.05) is 12.0 Å². The maximum absolute atomic E-state index is 13.3. The molecule has 1 unspecified atom stereocenters. The van der Waals surface area contributed by atoms with Gasteiger partial charge in [-0.25, -0.2) is 0 Å². The van der Waals surface area contributed by atoms with Crippen molar-refractivity contribution in [3.63, 3.8) is 0 Å². The zero-order chi connectivity index (χ0) is 18.3.